The number of benzene rings is 1. The monoisotopic (exact) mass is 208 g/mol. The van der Waals surface area contributed by atoms with Crippen LogP contribution in [0.4, 0.5) is 5.69 Å². The van der Waals surface area contributed by atoms with E-state index >= 15 is 0 Å². The molecule has 80 valence electrons. The van der Waals surface area contributed by atoms with Crippen LogP contribution in [-0.2, 0) is 0 Å². The fraction of sp³-hybridized carbons (Fsp3) is 0.300. The summed E-state index contributed by atoms with van der Waals surface area (Å²) in [7, 11) is 0. The summed E-state index contributed by atoms with van der Waals surface area (Å²) in [6, 6.07) is 4.57. The zero-order chi connectivity index (χ0) is 11.4. The average molecular weight is 208 g/mol. The third-order valence-corrected chi connectivity index (χ3v) is 2.01. The summed E-state index contributed by atoms with van der Waals surface area (Å²) in [4.78, 5) is 21.7. The lowest BCUT2D eigenvalue weighted by atomic mass is 10.1. The van der Waals surface area contributed by atoms with Gasteiger partial charge in [0.1, 0.15) is 5.56 Å². The molecule has 1 aromatic rings. The first kappa shape index (κ1) is 11.2. The second kappa shape index (κ2) is 4.54. The summed E-state index contributed by atoms with van der Waals surface area (Å²) in [6.07, 6.45) is 0. The molecule has 1 N–H and O–H groups in total. The Balaban J connectivity index is 3.24. The first-order chi connectivity index (χ1) is 7.07. The van der Waals surface area contributed by atoms with Gasteiger partial charge >= 0.3 is 0 Å². The fourth-order valence-corrected chi connectivity index (χ4v) is 1.35. The minimum Gasteiger partial charge on any atom is -0.352 e. The van der Waals surface area contributed by atoms with Crippen LogP contribution in [0.3, 0.4) is 0 Å². The van der Waals surface area contributed by atoms with E-state index in [1.54, 1.807) is 26.0 Å². The maximum atomic E-state index is 11.6. The minimum absolute atomic E-state index is 0.143. The molecule has 0 aromatic heterocycles. The van der Waals surface area contributed by atoms with Crippen LogP contribution in [0.15, 0.2) is 18.2 Å². The highest BCUT2D eigenvalue weighted by atomic mass is 16.6. The van der Waals surface area contributed by atoms with Gasteiger partial charge in [-0.3, -0.25) is 14.9 Å². The molecular formula is C10H12N2O3. The smallest absolute Gasteiger partial charge is 0.282 e. The molecule has 0 aliphatic carbocycles. The largest absolute Gasteiger partial charge is 0.352 e. The topological polar surface area (TPSA) is 72.2 Å². The van der Waals surface area contributed by atoms with E-state index in [0.29, 0.717) is 12.1 Å². The van der Waals surface area contributed by atoms with Gasteiger partial charge in [0.25, 0.3) is 11.6 Å². The number of nitro groups is 1. The Bertz CT molecular complexity index is 402. The molecule has 0 atom stereocenters. The molecule has 0 spiro atoms. The van der Waals surface area contributed by atoms with E-state index in [1.807, 2.05) is 0 Å². The van der Waals surface area contributed by atoms with Crippen molar-refractivity contribution < 1.29 is 9.72 Å². The van der Waals surface area contributed by atoms with Crippen LogP contribution in [0.5, 0.6) is 0 Å². The second-order valence-corrected chi connectivity index (χ2v) is 3.09. The number of rotatable bonds is 3. The number of carbonyl (C=O) groups excluding carboxylic acids is 1. The SMILES string of the molecule is CCNC(=O)c1c(C)cccc1[N+](=O)[O-]. The Morgan fingerprint density at radius 3 is 2.73 bits per heavy atom. The number of aryl methyl sites for hydroxylation is 1. The van der Waals surface area contributed by atoms with Gasteiger partial charge in [0.2, 0.25) is 0 Å². The molecule has 1 amide bonds. The highest BCUT2D eigenvalue weighted by Gasteiger charge is 2.21. The summed E-state index contributed by atoms with van der Waals surface area (Å²) >= 11 is 0. The van der Waals surface area contributed by atoms with Gasteiger partial charge in [-0.15, -0.1) is 0 Å². The van der Waals surface area contributed by atoms with E-state index in [0.717, 1.165) is 0 Å². The third-order valence-electron chi connectivity index (χ3n) is 2.01. The van der Waals surface area contributed by atoms with Gasteiger partial charge in [-0.2, -0.15) is 0 Å². The Labute approximate surface area is 87.3 Å². The molecule has 0 fully saturated rings. The number of amides is 1. The van der Waals surface area contributed by atoms with Gasteiger partial charge in [0.15, 0.2) is 0 Å². The lowest BCUT2D eigenvalue weighted by Crippen LogP contribution is -2.24. The maximum Gasteiger partial charge on any atom is 0.282 e. The van der Waals surface area contributed by atoms with Crippen LogP contribution >= 0.6 is 0 Å². The molecule has 0 saturated carbocycles. The molecule has 1 rings (SSSR count). The molecule has 0 saturated heterocycles. The Morgan fingerprint density at radius 2 is 2.20 bits per heavy atom. The van der Waals surface area contributed by atoms with Gasteiger partial charge in [0.05, 0.1) is 4.92 Å². The van der Waals surface area contributed by atoms with Gasteiger partial charge in [-0.1, -0.05) is 12.1 Å². The van der Waals surface area contributed by atoms with E-state index in [1.165, 1.54) is 6.07 Å². The van der Waals surface area contributed by atoms with Gasteiger partial charge < -0.3 is 5.32 Å². The first-order valence-electron chi connectivity index (χ1n) is 4.60. The molecule has 0 bridgehead atoms. The molecule has 5 nitrogen and oxygen atoms in total. The molecule has 5 heteroatoms. The van der Waals surface area contributed by atoms with Crippen LogP contribution < -0.4 is 5.32 Å². The Morgan fingerprint density at radius 1 is 1.53 bits per heavy atom. The highest BCUT2D eigenvalue weighted by molar-refractivity contribution is 5.99. The normalized spacial score (nSPS) is 9.73. The highest BCUT2D eigenvalue weighted by Crippen LogP contribution is 2.21. The van der Waals surface area contributed by atoms with E-state index in [9.17, 15) is 14.9 Å². The molecule has 15 heavy (non-hydrogen) atoms. The van der Waals surface area contributed by atoms with Crippen molar-refractivity contribution in [1.29, 1.82) is 0 Å². The van der Waals surface area contributed by atoms with Crippen LogP contribution in [0.2, 0.25) is 0 Å². The predicted octanol–water partition coefficient (Wildman–Crippen LogP) is 1.65. The quantitative estimate of drug-likeness (QED) is 0.606. The second-order valence-electron chi connectivity index (χ2n) is 3.09. The van der Waals surface area contributed by atoms with Crippen LogP contribution in [0.25, 0.3) is 0 Å². The summed E-state index contributed by atoms with van der Waals surface area (Å²) in [6.45, 7) is 3.89. The molecule has 0 aliphatic heterocycles. The predicted molar refractivity (Wildman–Crippen MR) is 55.8 cm³/mol. The van der Waals surface area contributed by atoms with Crippen molar-refractivity contribution >= 4 is 11.6 Å². The van der Waals surface area contributed by atoms with Crippen LogP contribution in [0.1, 0.15) is 22.8 Å². The van der Waals surface area contributed by atoms with Crippen molar-refractivity contribution in [3.63, 3.8) is 0 Å². The van der Waals surface area contributed by atoms with Crippen molar-refractivity contribution in [3.05, 3.63) is 39.4 Å². The van der Waals surface area contributed by atoms with E-state index in [2.05, 4.69) is 5.32 Å². The Hall–Kier alpha value is -1.91. The lowest BCUT2D eigenvalue weighted by Gasteiger charge is -2.05. The number of hydrogen-bond donors (Lipinski definition) is 1. The van der Waals surface area contributed by atoms with Gasteiger partial charge in [0, 0.05) is 12.6 Å². The summed E-state index contributed by atoms with van der Waals surface area (Å²) in [5, 5.41) is 13.3. The van der Waals surface area contributed by atoms with Crippen LogP contribution in [-0.4, -0.2) is 17.4 Å². The van der Waals surface area contributed by atoms with Crippen molar-refractivity contribution in [2.75, 3.05) is 6.54 Å². The fourth-order valence-electron chi connectivity index (χ4n) is 1.35. The first-order valence-corrected chi connectivity index (χ1v) is 4.60. The van der Waals surface area contributed by atoms with Crippen molar-refractivity contribution in [2.45, 2.75) is 13.8 Å². The summed E-state index contributed by atoms with van der Waals surface area (Å²) in [5.41, 5.74) is 0.598. The van der Waals surface area contributed by atoms with Gasteiger partial charge in [-0.05, 0) is 19.4 Å². The zero-order valence-corrected chi connectivity index (χ0v) is 8.61. The average Bonchev–Trinajstić information content (AvgIpc) is 2.17. The summed E-state index contributed by atoms with van der Waals surface area (Å²) < 4.78 is 0. The maximum absolute atomic E-state index is 11.6. The molecule has 0 heterocycles. The number of hydrogen-bond acceptors (Lipinski definition) is 3. The molecule has 0 radical (unpaired) electrons. The van der Waals surface area contributed by atoms with Gasteiger partial charge in [-0.25, -0.2) is 0 Å². The standard InChI is InChI=1S/C10H12N2O3/c1-3-11-10(13)9-7(2)5-4-6-8(9)12(14)15/h4-6H,3H2,1-2H3,(H,11,13). The molecule has 0 unspecified atom stereocenters. The molecule has 1 aromatic carbocycles. The van der Waals surface area contributed by atoms with E-state index in [-0.39, 0.29) is 11.3 Å². The van der Waals surface area contributed by atoms with Crippen molar-refractivity contribution in [2.24, 2.45) is 0 Å². The number of nitrogens with zero attached hydrogens (tertiary/aromatic N) is 1. The number of nitro benzene ring substituents is 1. The Kier molecular flexibility index (Phi) is 3.38. The lowest BCUT2D eigenvalue weighted by molar-refractivity contribution is -0.385. The van der Waals surface area contributed by atoms with Crippen molar-refractivity contribution in [3.8, 4) is 0 Å². The third kappa shape index (κ3) is 2.31. The van der Waals surface area contributed by atoms with Crippen molar-refractivity contribution in [1.82, 2.24) is 5.32 Å². The molecule has 0 aliphatic rings. The summed E-state index contributed by atoms with van der Waals surface area (Å²) in [5.74, 6) is -0.401. The minimum atomic E-state index is -0.544. The number of nitrogens with one attached hydrogen (secondary N) is 1. The van der Waals surface area contributed by atoms with E-state index < -0.39 is 10.8 Å². The number of carbonyl (C=O) groups is 1. The van der Waals surface area contributed by atoms with E-state index in [4.69, 9.17) is 0 Å². The van der Waals surface area contributed by atoms with Crippen LogP contribution in [0, 0.1) is 17.0 Å². The molecular weight excluding hydrogens is 196 g/mol. The zero-order valence-electron chi connectivity index (χ0n) is 8.61.